The number of benzene rings is 1. The van der Waals surface area contributed by atoms with E-state index in [2.05, 4.69) is 4.72 Å². The van der Waals surface area contributed by atoms with Gasteiger partial charge in [0.15, 0.2) is 5.78 Å². The number of halogens is 3. The molecule has 118 valence electrons. The molecule has 0 aliphatic rings. The number of carbonyl (C=O) groups is 1. The zero-order chi connectivity index (χ0) is 16.4. The van der Waals surface area contributed by atoms with Crippen molar-refractivity contribution >= 4 is 16.8 Å². The predicted octanol–water partition coefficient (Wildman–Crippen LogP) is 3.54. The van der Waals surface area contributed by atoms with Crippen LogP contribution in [-0.2, 0) is 11.0 Å². The molecule has 0 heterocycles. The summed E-state index contributed by atoms with van der Waals surface area (Å²) in [5.74, 6) is -0.226. The number of rotatable bonds is 4. The van der Waals surface area contributed by atoms with Gasteiger partial charge in [0.25, 0.3) is 0 Å². The van der Waals surface area contributed by atoms with Crippen LogP contribution in [0, 0.1) is 0 Å². The summed E-state index contributed by atoms with van der Waals surface area (Å²) in [6.07, 6.45) is -4.58. The van der Waals surface area contributed by atoms with Gasteiger partial charge < -0.3 is 0 Å². The Balaban J connectivity index is 3.09. The molecule has 3 nitrogen and oxygen atoms in total. The first-order valence-corrected chi connectivity index (χ1v) is 7.43. The molecule has 0 aliphatic heterocycles. The van der Waals surface area contributed by atoms with Crippen molar-refractivity contribution in [2.24, 2.45) is 0 Å². The summed E-state index contributed by atoms with van der Waals surface area (Å²) < 4.78 is 52.7. The minimum Gasteiger partial charge on any atom is -0.295 e. The highest BCUT2D eigenvalue weighted by atomic mass is 32.2. The molecule has 0 saturated carbocycles. The molecule has 1 rings (SSSR count). The molecule has 0 bridgehead atoms. The number of hydrogen-bond donors (Lipinski definition) is 1. The smallest absolute Gasteiger partial charge is 0.295 e. The van der Waals surface area contributed by atoms with Crippen molar-refractivity contribution in [3.05, 3.63) is 35.4 Å². The maximum Gasteiger partial charge on any atom is 0.408 e. The van der Waals surface area contributed by atoms with Gasteiger partial charge in [0, 0.05) is 5.56 Å². The summed E-state index contributed by atoms with van der Waals surface area (Å²) >= 11 is 0. The van der Waals surface area contributed by atoms with Crippen LogP contribution in [0.15, 0.2) is 24.3 Å². The lowest BCUT2D eigenvalue weighted by molar-refractivity contribution is -0.152. The van der Waals surface area contributed by atoms with Gasteiger partial charge in [-0.15, -0.1) is 0 Å². The van der Waals surface area contributed by atoms with Gasteiger partial charge in [-0.1, -0.05) is 24.3 Å². The molecule has 1 unspecified atom stereocenters. The van der Waals surface area contributed by atoms with Gasteiger partial charge in [0.1, 0.15) is 6.04 Å². The summed E-state index contributed by atoms with van der Waals surface area (Å²) in [5, 5.41) is 0. The molecule has 1 aromatic rings. The molecule has 21 heavy (non-hydrogen) atoms. The van der Waals surface area contributed by atoms with Crippen LogP contribution in [0.25, 0.3) is 0 Å². The minimum absolute atomic E-state index is 0.0786. The van der Waals surface area contributed by atoms with Crippen molar-refractivity contribution in [3.63, 3.8) is 0 Å². The van der Waals surface area contributed by atoms with Crippen molar-refractivity contribution < 1.29 is 22.2 Å². The molecule has 0 radical (unpaired) electrons. The average molecular weight is 321 g/mol. The zero-order valence-electron chi connectivity index (χ0n) is 12.2. The topological polar surface area (TPSA) is 46.2 Å². The van der Waals surface area contributed by atoms with E-state index in [9.17, 15) is 22.2 Å². The van der Waals surface area contributed by atoms with Crippen LogP contribution in [0.3, 0.4) is 0 Å². The first-order valence-electron chi connectivity index (χ1n) is 6.28. The number of hydrogen-bond acceptors (Lipinski definition) is 2. The number of carbonyl (C=O) groups excluding carboxylic acids is 1. The Kier molecular flexibility index (Phi) is 5.33. The van der Waals surface area contributed by atoms with E-state index in [1.54, 1.807) is 20.8 Å². The van der Waals surface area contributed by atoms with E-state index in [0.717, 1.165) is 0 Å². The highest BCUT2D eigenvalue weighted by molar-refractivity contribution is 7.84. The van der Waals surface area contributed by atoms with Crippen LogP contribution in [0.2, 0.25) is 0 Å². The number of Topliss-reactive ketones (excluding diaryl/α,β-unsaturated/α-hetero) is 1. The Bertz CT molecular complexity index is 533. The molecule has 7 heteroatoms. The molecule has 0 amide bonds. The van der Waals surface area contributed by atoms with E-state index in [1.807, 2.05) is 0 Å². The maximum atomic E-state index is 13.1. The molecule has 1 N–H and O–H groups in total. The van der Waals surface area contributed by atoms with Crippen LogP contribution in [-0.4, -0.2) is 20.9 Å². The summed E-state index contributed by atoms with van der Waals surface area (Å²) in [6, 6.07) is 3.07. The lowest BCUT2D eigenvalue weighted by atomic mass is 10.0. The Labute approximate surface area is 124 Å². The fourth-order valence-corrected chi connectivity index (χ4v) is 2.36. The number of ketones is 1. The monoisotopic (exact) mass is 321 g/mol. The van der Waals surface area contributed by atoms with E-state index >= 15 is 0 Å². The van der Waals surface area contributed by atoms with Gasteiger partial charge in [0.05, 0.1) is 15.7 Å². The normalized spacial score (nSPS) is 15.6. The van der Waals surface area contributed by atoms with Crippen LogP contribution in [0.1, 0.15) is 49.7 Å². The highest BCUT2D eigenvalue weighted by Gasteiger charge is 2.43. The second-order valence-electron chi connectivity index (χ2n) is 5.65. The summed E-state index contributed by atoms with van der Waals surface area (Å²) in [6.45, 7) is 6.09. The Hall–Kier alpha value is -1.21. The molecule has 0 aliphatic carbocycles. The molecule has 0 fully saturated rings. The van der Waals surface area contributed by atoms with Crippen LogP contribution < -0.4 is 4.72 Å². The van der Waals surface area contributed by atoms with Crippen molar-refractivity contribution in [2.75, 3.05) is 0 Å². The van der Waals surface area contributed by atoms with Gasteiger partial charge >= 0.3 is 6.18 Å². The van der Waals surface area contributed by atoms with E-state index < -0.39 is 28.0 Å². The van der Waals surface area contributed by atoms with E-state index in [0.29, 0.717) is 5.56 Å². The third-order valence-corrected chi connectivity index (χ3v) is 4.32. The fourth-order valence-electron chi connectivity index (χ4n) is 1.52. The second-order valence-corrected chi connectivity index (χ2v) is 7.65. The minimum atomic E-state index is -4.58. The third kappa shape index (κ3) is 4.93. The lowest BCUT2D eigenvalue weighted by Crippen LogP contribution is -2.41. The summed E-state index contributed by atoms with van der Waals surface area (Å²) in [4.78, 5) is 11.1. The molecule has 1 aromatic carbocycles. The third-order valence-electron chi connectivity index (χ3n) is 2.76. The van der Waals surface area contributed by atoms with E-state index in [4.69, 9.17) is 0 Å². The fraction of sp³-hybridized carbons (Fsp3) is 0.500. The average Bonchev–Trinajstić information content (AvgIpc) is 2.33. The SMILES string of the molecule is CC(=O)c1ccc([C@H](NS(=O)C(C)(C)C)C(F)(F)F)cc1. The first-order chi connectivity index (χ1) is 9.43. The van der Waals surface area contributed by atoms with E-state index in [-0.39, 0.29) is 11.3 Å². The second kappa shape index (κ2) is 6.27. The Morgan fingerprint density at radius 3 is 1.95 bits per heavy atom. The largest absolute Gasteiger partial charge is 0.408 e. The summed E-state index contributed by atoms with van der Waals surface area (Å²) in [7, 11) is -1.87. The summed E-state index contributed by atoms with van der Waals surface area (Å²) in [5.41, 5.74) is 0.252. The highest BCUT2D eigenvalue weighted by Crippen LogP contribution is 2.34. The molecular weight excluding hydrogens is 303 g/mol. The first kappa shape index (κ1) is 17.8. The molecule has 0 aromatic heterocycles. The van der Waals surface area contributed by atoms with Gasteiger partial charge in [-0.05, 0) is 33.3 Å². The maximum absolute atomic E-state index is 13.1. The quantitative estimate of drug-likeness (QED) is 0.862. The van der Waals surface area contributed by atoms with E-state index in [1.165, 1.54) is 31.2 Å². The number of nitrogens with one attached hydrogen (secondary N) is 1. The molecule has 0 saturated heterocycles. The molecular formula is C14H18F3NO2S. The van der Waals surface area contributed by atoms with Crippen molar-refractivity contribution in [2.45, 2.75) is 44.7 Å². The van der Waals surface area contributed by atoms with Crippen molar-refractivity contribution in [1.82, 2.24) is 4.72 Å². The van der Waals surface area contributed by atoms with Gasteiger partial charge in [-0.25, -0.2) is 8.93 Å². The Morgan fingerprint density at radius 1 is 1.14 bits per heavy atom. The van der Waals surface area contributed by atoms with Gasteiger partial charge in [-0.2, -0.15) is 13.2 Å². The van der Waals surface area contributed by atoms with Gasteiger partial charge in [-0.3, -0.25) is 4.79 Å². The van der Waals surface area contributed by atoms with Crippen molar-refractivity contribution in [1.29, 1.82) is 0 Å². The standard InChI is InChI=1S/C14H18F3NO2S/c1-9(19)10-5-7-11(8-6-10)12(14(15,16)17)18-21(20)13(2,3)4/h5-8,12,18H,1-4H3/t12-,21?/m0/s1. The Morgan fingerprint density at radius 2 is 1.62 bits per heavy atom. The predicted molar refractivity (Wildman–Crippen MR) is 76.3 cm³/mol. The van der Waals surface area contributed by atoms with Crippen LogP contribution in [0.5, 0.6) is 0 Å². The molecule has 2 atom stereocenters. The lowest BCUT2D eigenvalue weighted by Gasteiger charge is -2.26. The van der Waals surface area contributed by atoms with Crippen LogP contribution >= 0.6 is 0 Å². The number of alkyl halides is 3. The van der Waals surface area contributed by atoms with Gasteiger partial charge in [0.2, 0.25) is 0 Å². The zero-order valence-corrected chi connectivity index (χ0v) is 13.1. The van der Waals surface area contributed by atoms with Crippen molar-refractivity contribution in [3.8, 4) is 0 Å². The molecule has 0 spiro atoms. The van der Waals surface area contributed by atoms with Crippen LogP contribution in [0.4, 0.5) is 13.2 Å².